The van der Waals surface area contributed by atoms with E-state index in [4.69, 9.17) is 4.52 Å². The monoisotopic (exact) mass is 356 g/mol. The maximum absolute atomic E-state index is 12.9. The Kier molecular flexibility index (Phi) is 5.52. The Bertz CT molecular complexity index is 863. The lowest BCUT2D eigenvalue weighted by Crippen LogP contribution is -2.10. The molecule has 0 saturated heterocycles. The zero-order valence-corrected chi connectivity index (χ0v) is 14.1. The van der Waals surface area contributed by atoms with Crippen LogP contribution in [0.4, 0.5) is 10.2 Å². The summed E-state index contributed by atoms with van der Waals surface area (Å²) in [6.07, 6.45) is 2.32. The Morgan fingerprint density at radius 1 is 1.23 bits per heavy atom. The van der Waals surface area contributed by atoms with E-state index >= 15 is 0 Å². The number of hydrogen-bond acceptors (Lipinski definition) is 7. The van der Waals surface area contributed by atoms with Gasteiger partial charge in [-0.15, -0.1) is 0 Å². The molecule has 0 unspecified atom stereocenters. The number of benzene rings is 1. The lowest BCUT2D eigenvalue weighted by Gasteiger charge is -2.04. The first-order valence-electron chi connectivity index (χ1n) is 7.98. The zero-order chi connectivity index (χ0) is 18.4. The van der Waals surface area contributed by atoms with Crippen molar-refractivity contribution < 1.29 is 18.4 Å². The van der Waals surface area contributed by atoms with Crippen molar-refractivity contribution in [1.82, 2.24) is 15.1 Å². The number of nitrogens with zero attached hydrogens (tertiary/aromatic N) is 3. The smallest absolute Gasteiger partial charge is 0.307 e. The Morgan fingerprint density at radius 3 is 2.73 bits per heavy atom. The molecule has 2 aromatic heterocycles. The van der Waals surface area contributed by atoms with E-state index in [2.05, 4.69) is 25.2 Å². The third-order valence-electron chi connectivity index (χ3n) is 3.62. The molecule has 2 heterocycles. The number of rotatable bonds is 7. The normalized spacial score (nSPS) is 10.5. The van der Waals surface area contributed by atoms with E-state index in [0.29, 0.717) is 36.1 Å². The largest absolute Gasteiger partial charge is 0.469 e. The van der Waals surface area contributed by atoms with Crippen LogP contribution in [0.3, 0.4) is 0 Å². The van der Waals surface area contributed by atoms with Crippen molar-refractivity contribution in [2.45, 2.75) is 12.8 Å². The van der Waals surface area contributed by atoms with Crippen LogP contribution in [-0.4, -0.2) is 34.7 Å². The Morgan fingerprint density at radius 2 is 2.04 bits per heavy atom. The second-order valence-corrected chi connectivity index (χ2v) is 5.50. The topological polar surface area (TPSA) is 90.1 Å². The standard InChI is InChI=1S/C18H17FN4O3/c1-25-17(24)8-9-20-15-7-4-13(11-21-15)18-22-16(23-26-18)10-12-2-5-14(19)6-3-12/h2-7,11H,8-10H2,1H3,(H,20,21). The molecular formula is C18H17FN4O3. The second-order valence-electron chi connectivity index (χ2n) is 5.50. The van der Waals surface area contributed by atoms with Crippen molar-refractivity contribution in [3.05, 3.63) is 59.8 Å². The summed E-state index contributed by atoms with van der Waals surface area (Å²) in [4.78, 5) is 19.6. The van der Waals surface area contributed by atoms with E-state index in [9.17, 15) is 9.18 Å². The summed E-state index contributed by atoms with van der Waals surface area (Å²) < 4.78 is 22.8. The first-order chi connectivity index (χ1) is 12.6. The summed E-state index contributed by atoms with van der Waals surface area (Å²) in [5.74, 6) is 0.925. The highest BCUT2D eigenvalue weighted by atomic mass is 19.1. The second kappa shape index (κ2) is 8.19. The van der Waals surface area contributed by atoms with Crippen molar-refractivity contribution in [3.8, 4) is 11.5 Å². The predicted octanol–water partition coefficient (Wildman–Crippen LogP) is 2.84. The molecule has 134 valence electrons. The summed E-state index contributed by atoms with van der Waals surface area (Å²) in [5.41, 5.74) is 1.57. The number of aromatic nitrogens is 3. The lowest BCUT2D eigenvalue weighted by atomic mass is 10.1. The summed E-state index contributed by atoms with van der Waals surface area (Å²) >= 11 is 0. The van der Waals surface area contributed by atoms with Crippen LogP contribution in [0.1, 0.15) is 17.8 Å². The van der Waals surface area contributed by atoms with Gasteiger partial charge in [-0.3, -0.25) is 4.79 Å². The van der Waals surface area contributed by atoms with E-state index in [1.54, 1.807) is 30.5 Å². The van der Waals surface area contributed by atoms with Crippen molar-refractivity contribution in [1.29, 1.82) is 0 Å². The number of anilines is 1. The van der Waals surface area contributed by atoms with Crippen LogP contribution in [0.15, 0.2) is 47.1 Å². The average Bonchev–Trinajstić information content (AvgIpc) is 3.12. The van der Waals surface area contributed by atoms with Gasteiger partial charge in [0.25, 0.3) is 5.89 Å². The molecule has 0 fully saturated rings. The number of carbonyl (C=O) groups is 1. The van der Waals surface area contributed by atoms with Crippen LogP contribution >= 0.6 is 0 Å². The van der Waals surface area contributed by atoms with Gasteiger partial charge in [-0.1, -0.05) is 17.3 Å². The van der Waals surface area contributed by atoms with Crippen LogP contribution in [0, 0.1) is 5.82 Å². The van der Waals surface area contributed by atoms with E-state index in [1.165, 1.54) is 19.2 Å². The lowest BCUT2D eigenvalue weighted by molar-refractivity contribution is -0.140. The van der Waals surface area contributed by atoms with Crippen molar-refractivity contribution in [2.75, 3.05) is 19.0 Å². The molecule has 1 aromatic carbocycles. The number of methoxy groups -OCH3 is 1. The molecule has 0 radical (unpaired) electrons. The molecule has 0 atom stereocenters. The molecule has 0 bridgehead atoms. The first kappa shape index (κ1) is 17.5. The van der Waals surface area contributed by atoms with Gasteiger partial charge in [0.1, 0.15) is 11.6 Å². The number of ether oxygens (including phenoxy) is 1. The molecule has 0 amide bonds. The highest BCUT2D eigenvalue weighted by molar-refractivity contribution is 5.69. The number of pyridine rings is 1. The molecule has 3 aromatic rings. The molecule has 0 saturated carbocycles. The van der Waals surface area contributed by atoms with E-state index < -0.39 is 0 Å². The minimum Gasteiger partial charge on any atom is -0.469 e. The summed E-state index contributed by atoms with van der Waals surface area (Å²) in [6.45, 7) is 0.432. The van der Waals surface area contributed by atoms with Gasteiger partial charge in [-0.25, -0.2) is 9.37 Å². The highest BCUT2D eigenvalue weighted by Crippen LogP contribution is 2.18. The summed E-state index contributed by atoms with van der Waals surface area (Å²) in [6, 6.07) is 9.71. The zero-order valence-electron chi connectivity index (χ0n) is 14.1. The van der Waals surface area contributed by atoms with Crippen LogP contribution in [0.5, 0.6) is 0 Å². The molecule has 3 rings (SSSR count). The first-order valence-corrected chi connectivity index (χ1v) is 7.98. The van der Waals surface area contributed by atoms with Gasteiger partial charge >= 0.3 is 5.97 Å². The molecule has 8 heteroatoms. The van der Waals surface area contributed by atoms with Crippen LogP contribution in [0.25, 0.3) is 11.5 Å². The molecule has 0 aliphatic rings. The van der Waals surface area contributed by atoms with Gasteiger partial charge in [0.05, 0.1) is 19.1 Å². The van der Waals surface area contributed by atoms with Crippen molar-refractivity contribution in [2.24, 2.45) is 0 Å². The van der Waals surface area contributed by atoms with Crippen molar-refractivity contribution >= 4 is 11.8 Å². The summed E-state index contributed by atoms with van der Waals surface area (Å²) in [7, 11) is 1.35. The maximum atomic E-state index is 12.9. The van der Waals surface area contributed by atoms with Gasteiger partial charge in [0.15, 0.2) is 5.82 Å². The minimum atomic E-state index is -0.284. The molecule has 7 nitrogen and oxygen atoms in total. The van der Waals surface area contributed by atoms with Gasteiger partial charge in [-0.05, 0) is 29.8 Å². The molecule has 1 N–H and O–H groups in total. The molecule has 26 heavy (non-hydrogen) atoms. The van der Waals surface area contributed by atoms with Crippen molar-refractivity contribution in [3.63, 3.8) is 0 Å². The number of carbonyl (C=O) groups excluding carboxylic acids is 1. The van der Waals surface area contributed by atoms with Crippen LogP contribution < -0.4 is 5.32 Å². The maximum Gasteiger partial charge on any atom is 0.307 e. The third kappa shape index (κ3) is 4.62. The molecule has 0 aliphatic heterocycles. The van der Waals surface area contributed by atoms with Gasteiger partial charge < -0.3 is 14.6 Å². The Hall–Kier alpha value is -3.29. The number of halogens is 1. The molecule has 0 aliphatic carbocycles. The fourth-order valence-corrected chi connectivity index (χ4v) is 2.25. The number of esters is 1. The van der Waals surface area contributed by atoms with Gasteiger partial charge in [-0.2, -0.15) is 4.98 Å². The quantitative estimate of drug-likeness (QED) is 0.651. The minimum absolute atomic E-state index is 0.260. The molecule has 0 spiro atoms. The van der Waals surface area contributed by atoms with E-state index in [0.717, 1.165) is 5.56 Å². The van der Waals surface area contributed by atoms with Gasteiger partial charge in [0.2, 0.25) is 0 Å². The van der Waals surface area contributed by atoms with Gasteiger partial charge in [0, 0.05) is 19.2 Å². The fraction of sp³-hybridized carbons (Fsp3) is 0.222. The number of hydrogen-bond donors (Lipinski definition) is 1. The highest BCUT2D eigenvalue weighted by Gasteiger charge is 2.10. The van der Waals surface area contributed by atoms with Crippen LogP contribution in [0.2, 0.25) is 0 Å². The average molecular weight is 356 g/mol. The predicted molar refractivity (Wildman–Crippen MR) is 91.9 cm³/mol. The third-order valence-corrected chi connectivity index (χ3v) is 3.62. The van der Waals surface area contributed by atoms with E-state index in [-0.39, 0.29) is 18.2 Å². The molecular weight excluding hydrogens is 339 g/mol. The summed E-state index contributed by atoms with van der Waals surface area (Å²) in [5, 5.41) is 6.96. The Balaban J connectivity index is 1.60. The Labute approximate surface area is 149 Å². The van der Waals surface area contributed by atoms with Crippen LogP contribution in [-0.2, 0) is 16.0 Å². The fourth-order valence-electron chi connectivity index (χ4n) is 2.25. The SMILES string of the molecule is COC(=O)CCNc1ccc(-c2nc(Cc3ccc(F)cc3)no2)cn1. The van der Waals surface area contributed by atoms with E-state index in [1.807, 2.05) is 0 Å². The number of nitrogens with one attached hydrogen (secondary N) is 1.